The standard InChI is InChI=1S/C12H25N/c1-5-12(6-2)9-13(10-12)8-7-11(3)4/h11H,5-10H2,1-4H3. The predicted octanol–water partition coefficient (Wildman–Crippen LogP) is 3.15. The molecule has 13 heavy (non-hydrogen) atoms. The van der Waals surface area contributed by atoms with E-state index in [1.54, 1.807) is 0 Å². The van der Waals surface area contributed by atoms with Gasteiger partial charge in [0.05, 0.1) is 0 Å². The summed E-state index contributed by atoms with van der Waals surface area (Å²) >= 11 is 0. The monoisotopic (exact) mass is 183 g/mol. The molecular weight excluding hydrogens is 158 g/mol. The van der Waals surface area contributed by atoms with Crippen LogP contribution in [0.4, 0.5) is 0 Å². The molecule has 78 valence electrons. The van der Waals surface area contributed by atoms with Crippen molar-refractivity contribution in [2.75, 3.05) is 19.6 Å². The number of hydrogen-bond donors (Lipinski definition) is 0. The zero-order valence-corrected chi connectivity index (χ0v) is 9.77. The summed E-state index contributed by atoms with van der Waals surface area (Å²) in [5.41, 5.74) is 0.691. The summed E-state index contributed by atoms with van der Waals surface area (Å²) in [6, 6.07) is 0. The van der Waals surface area contributed by atoms with Crippen LogP contribution >= 0.6 is 0 Å². The molecule has 0 N–H and O–H groups in total. The number of nitrogens with zero attached hydrogens (tertiary/aromatic N) is 1. The smallest absolute Gasteiger partial charge is 0.00503 e. The molecule has 1 saturated heterocycles. The van der Waals surface area contributed by atoms with Crippen LogP contribution in [-0.4, -0.2) is 24.5 Å². The largest absolute Gasteiger partial charge is 0.302 e. The van der Waals surface area contributed by atoms with Crippen LogP contribution in [0.5, 0.6) is 0 Å². The van der Waals surface area contributed by atoms with E-state index in [1.807, 2.05) is 0 Å². The first-order valence-electron chi connectivity index (χ1n) is 5.84. The first-order chi connectivity index (χ1) is 6.12. The summed E-state index contributed by atoms with van der Waals surface area (Å²) < 4.78 is 0. The Kier molecular flexibility index (Phi) is 3.78. The molecule has 0 aromatic carbocycles. The molecule has 0 spiro atoms. The maximum atomic E-state index is 2.62. The van der Waals surface area contributed by atoms with Gasteiger partial charge in [-0.25, -0.2) is 0 Å². The van der Waals surface area contributed by atoms with Gasteiger partial charge in [0.2, 0.25) is 0 Å². The van der Waals surface area contributed by atoms with Crippen molar-refractivity contribution in [3.05, 3.63) is 0 Å². The summed E-state index contributed by atoms with van der Waals surface area (Å²) in [7, 11) is 0. The Morgan fingerprint density at radius 2 is 1.69 bits per heavy atom. The molecule has 1 heteroatoms. The predicted molar refractivity (Wildman–Crippen MR) is 58.9 cm³/mol. The van der Waals surface area contributed by atoms with E-state index < -0.39 is 0 Å². The minimum absolute atomic E-state index is 0.691. The third-order valence-electron chi connectivity index (χ3n) is 3.64. The molecule has 1 rings (SSSR count). The highest BCUT2D eigenvalue weighted by molar-refractivity contribution is 4.92. The Morgan fingerprint density at radius 3 is 2.08 bits per heavy atom. The van der Waals surface area contributed by atoms with Crippen molar-refractivity contribution in [3.63, 3.8) is 0 Å². The van der Waals surface area contributed by atoms with Crippen molar-refractivity contribution in [1.29, 1.82) is 0 Å². The van der Waals surface area contributed by atoms with Crippen molar-refractivity contribution in [2.24, 2.45) is 11.3 Å². The van der Waals surface area contributed by atoms with Crippen LogP contribution in [0.1, 0.15) is 47.0 Å². The van der Waals surface area contributed by atoms with Crippen molar-refractivity contribution in [1.82, 2.24) is 4.90 Å². The van der Waals surface area contributed by atoms with Crippen LogP contribution < -0.4 is 0 Å². The van der Waals surface area contributed by atoms with Gasteiger partial charge in [0.1, 0.15) is 0 Å². The lowest BCUT2D eigenvalue weighted by Gasteiger charge is -2.50. The average molecular weight is 183 g/mol. The van der Waals surface area contributed by atoms with E-state index in [-0.39, 0.29) is 0 Å². The van der Waals surface area contributed by atoms with Gasteiger partial charge in [0.25, 0.3) is 0 Å². The van der Waals surface area contributed by atoms with Crippen molar-refractivity contribution >= 4 is 0 Å². The molecule has 0 atom stereocenters. The number of likely N-dealkylation sites (tertiary alicyclic amines) is 1. The molecule has 1 aliphatic heterocycles. The Morgan fingerprint density at radius 1 is 1.15 bits per heavy atom. The third-order valence-corrected chi connectivity index (χ3v) is 3.64. The second-order valence-corrected chi connectivity index (χ2v) is 5.10. The first kappa shape index (κ1) is 11.0. The van der Waals surface area contributed by atoms with Gasteiger partial charge in [-0.15, -0.1) is 0 Å². The Bertz CT molecular complexity index is 139. The molecule has 0 amide bonds. The van der Waals surface area contributed by atoms with Crippen molar-refractivity contribution < 1.29 is 0 Å². The fourth-order valence-electron chi connectivity index (χ4n) is 2.20. The maximum absolute atomic E-state index is 2.62. The third kappa shape index (κ3) is 2.70. The summed E-state index contributed by atoms with van der Waals surface area (Å²) in [6.07, 6.45) is 4.09. The molecule has 1 nitrogen and oxygen atoms in total. The normalized spacial score (nSPS) is 21.9. The molecule has 0 bridgehead atoms. The second kappa shape index (κ2) is 4.45. The fourth-order valence-corrected chi connectivity index (χ4v) is 2.20. The lowest BCUT2D eigenvalue weighted by atomic mass is 9.75. The summed E-state index contributed by atoms with van der Waals surface area (Å²) in [5, 5.41) is 0. The van der Waals surface area contributed by atoms with Crippen LogP contribution in [0.3, 0.4) is 0 Å². The average Bonchev–Trinajstić information content (AvgIpc) is 2.03. The van der Waals surface area contributed by atoms with Crippen LogP contribution in [0.25, 0.3) is 0 Å². The summed E-state index contributed by atoms with van der Waals surface area (Å²) in [4.78, 5) is 2.62. The van der Waals surface area contributed by atoms with E-state index in [0.29, 0.717) is 5.41 Å². The SMILES string of the molecule is CCC1(CC)CN(CCC(C)C)C1. The molecule has 1 heterocycles. The van der Waals surface area contributed by atoms with Gasteiger partial charge in [0, 0.05) is 13.1 Å². The van der Waals surface area contributed by atoms with Gasteiger partial charge < -0.3 is 4.90 Å². The maximum Gasteiger partial charge on any atom is 0.00503 e. The van der Waals surface area contributed by atoms with Crippen LogP contribution in [0.2, 0.25) is 0 Å². The molecule has 1 aliphatic rings. The zero-order valence-electron chi connectivity index (χ0n) is 9.77. The summed E-state index contributed by atoms with van der Waals surface area (Å²) in [5.74, 6) is 0.859. The van der Waals surface area contributed by atoms with Crippen molar-refractivity contribution in [2.45, 2.75) is 47.0 Å². The van der Waals surface area contributed by atoms with Gasteiger partial charge in [-0.3, -0.25) is 0 Å². The minimum Gasteiger partial charge on any atom is -0.302 e. The van der Waals surface area contributed by atoms with E-state index in [4.69, 9.17) is 0 Å². The molecule has 0 aromatic rings. The second-order valence-electron chi connectivity index (χ2n) is 5.10. The van der Waals surface area contributed by atoms with Crippen LogP contribution in [0.15, 0.2) is 0 Å². The quantitative estimate of drug-likeness (QED) is 0.633. The van der Waals surface area contributed by atoms with Gasteiger partial charge in [-0.1, -0.05) is 27.7 Å². The van der Waals surface area contributed by atoms with E-state index in [1.165, 1.54) is 38.9 Å². The fraction of sp³-hybridized carbons (Fsp3) is 1.00. The first-order valence-corrected chi connectivity index (χ1v) is 5.84. The van der Waals surface area contributed by atoms with Crippen LogP contribution in [-0.2, 0) is 0 Å². The number of hydrogen-bond acceptors (Lipinski definition) is 1. The molecule has 0 unspecified atom stereocenters. The van der Waals surface area contributed by atoms with E-state index in [9.17, 15) is 0 Å². The molecular formula is C12H25N. The molecule has 1 fully saturated rings. The molecule has 0 saturated carbocycles. The van der Waals surface area contributed by atoms with E-state index in [0.717, 1.165) is 5.92 Å². The Labute approximate surface area is 83.5 Å². The highest BCUT2D eigenvalue weighted by atomic mass is 15.2. The molecule has 0 radical (unpaired) electrons. The lowest BCUT2D eigenvalue weighted by Crippen LogP contribution is -2.55. The van der Waals surface area contributed by atoms with E-state index >= 15 is 0 Å². The summed E-state index contributed by atoms with van der Waals surface area (Å²) in [6.45, 7) is 13.3. The van der Waals surface area contributed by atoms with E-state index in [2.05, 4.69) is 32.6 Å². The van der Waals surface area contributed by atoms with Gasteiger partial charge >= 0.3 is 0 Å². The highest BCUT2D eigenvalue weighted by Crippen LogP contribution is 2.36. The molecule has 0 aromatic heterocycles. The Balaban J connectivity index is 2.16. The van der Waals surface area contributed by atoms with Crippen LogP contribution in [0, 0.1) is 11.3 Å². The van der Waals surface area contributed by atoms with Crippen molar-refractivity contribution in [3.8, 4) is 0 Å². The van der Waals surface area contributed by atoms with Gasteiger partial charge in [0.15, 0.2) is 0 Å². The van der Waals surface area contributed by atoms with Gasteiger partial charge in [-0.05, 0) is 37.1 Å². The topological polar surface area (TPSA) is 3.24 Å². The lowest BCUT2D eigenvalue weighted by molar-refractivity contribution is -0.00830. The number of rotatable bonds is 5. The Hall–Kier alpha value is -0.0400. The molecule has 0 aliphatic carbocycles. The highest BCUT2D eigenvalue weighted by Gasteiger charge is 2.38. The minimum atomic E-state index is 0.691. The van der Waals surface area contributed by atoms with Gasteiger partial charge in [-0.2, -0.15) is 0 Å². The zero-order chi connectivity index (χ0) is 9.90.